The average molecular weight is 215 g/mol. The summed E-state index contributed by atoms with van der Waals surface area (Å²) in [7, 11) is 0. The van der Waals surface area contributed by atoms with Crippen molar-refractivity contribution in [1.82, 2.24) is 5.32 Å². The van der Waals surface area contributed by atoms with Gasteiger partial charge in [-0.2, -0.15) is 0 Å². The zero-order valence-electron chi connectivity index (χ0n) is 8.45. The second kappa shape index (κ2) is 5.33. The second-order valence-corrected chi connectivity index (χ2v) is 3.10. The topological polar surface area (TPSA) is 81.7 Å². The molecule has 1 saturated heterocycles. The summed E-state index contributed by atoms with van der Waals surface area (Å²) in [6.07, 6.45) is 0.400. The Bertz CT molecular complexity index is 276. The highest BCUT2D eigenvalue weighted by Crippen LogP contribution is 2.08. The largest absolute Gasteiger partial charge is 0.466 e. The van der Waals surface area contributed by atoms with Crippen molar-refractivity contribution in [2.24, 2.45) is 0 Å². The lowest BCUT2D eigenvalue weighted by Gasteiger charge is -2.04. The molecule has 0 radical (unpaired) electrons. The van der Waals surface area contributed by atoms with Gasteiger partial charge in [0.05, 0.1) is 6.61 Å². The van der Waals surface area contributed by atoms with Crippen LogP contribution in [0.5, 0.6) is 0 Å². The maximum absolute atomic E-state index is 11.0. The van der Waals surface area contributed by atoms with E-state index in [1.165, 1.54) is 0 Å². The minimum absolute atomic E-state index is 0.244. The van der Waals surface area contributed by atoms with Crippen LogP contribution >= 0.6 is 0 Å². The molecule has 6 heteroatoms. The molecular weight excluding hydrogens is 202 g/mol. The quantitative estimate of drug-likeness (QED) is 0.528. The fraction of sp³-hybridized carbons (Fsp3) is 0.667. The average Bonchev–Trinajstić information content (AvgIpc) is 2.46. The first-order valence-electron chi connectivity index (χ1n) is 4.81. The van der Waals surface area contributed by atoms with Crippen LogP contribution in [-0.4, -0.2) is 30.7 Å². The van der Waals surface area contributed by atoms with Gasteiger partial charge in [0.15, 0.2) is 0 Å². The maximum atomic E-state index is 11.0. The second-order valence-electron chi connectivity index (χ2n) is 3.10. The van der Waals surface area contributed by atoms with E-state index in [1.807, 2.05) is 0 Å². The normalized spacial score (nSPS) is 19.7. The van der Waals surface area contributed by atoms with E-state index >= 15 is 0 Å². The van der Waals surface area contributed by atoms with Crippen molar-refractivity contribution in [3.8, 4) is 0 Å². The lowest BCUT2D eigenvalue weighted by Crippen LogP contribution is -2.28. The van der Waals surface area contributed by atoms with Gasteiger partial charge < -0.3 is 14.8 Å². The van der Waals surface area contributed by atoms with Crippen LogP contribution in [0.15, 0.2) is 0 Å². The van der Waals surface area contributed by atoms with Crippen molar-refractivity contribution in [1.29, 1.82) is 0 Å². The van der Waals surface area contributed by atoms with Gasteiger partial charge in [0.1, 0.15) is 6.04 Å². The number of hydrogen-bond acceptors (Lipinski definition) is 5. The number of carbonyl (C=O) groups is 3. The highest BCUT2D eigenvalue weighted by molar-refractivity contribution is 5.95. The van der Waals surface area contributed by atoms with E-state index in [0.29, 0.717) is 19.4 Å². The lowest BCUT2D eigenvalue weighted by atomic mass is 10.1. The van der Waals surface area contributed by atoms with E-state index in [2.05, 4.69) is 10.1 Å². The van der Waals surface area contributed by atoms with Crippen molar-refractivity contribution >= 4 is 18.0 Å². The molecule has 6 nitrogen and oxygen atoms in total. The Morgan fingerprint density at radius 3 is 2.80 bits per heavy atom. The van der Waals surface area contributed by atoms with E-state index in [-0.39, 0.29) is 12.4 Å². The summed E-state index contributed by atoms with van der Waals surface area (Å²) in [5.74, 6) is -0.876. The number of cyclic esters (lactones) is 2. The van der Waals surface area contributed by atoms with Crippen molar-refractivity contribution in [3.63, 3.8) is 0 Å². The predicted molar refractivity (Wildman–Crippen MR) is 48.9 cm³/mol. The first kappa shape index (κ1) is 11.5. The Morgan fingerprint density at radius 1 is 1.53 bits per heavy atom. The zero-order valence-corrected chi connectivity index (χ0v) is 8.45. The van der Waals surface area contributed by atoms with E-state index in [4.69, 9.17) is 4.74 Å². The molecule has 0 spiro atoms. The fourth-order valence-electron chi connectivity index (χ4n) is 1.27. The monoisotopic (exact) mass is 215 g/mol. The number of rotatable bonds is 5. The van der Waals surface area contributed by atoms with E-state index in [1.54, 1.807) is 6.92 Å². The molecular formula is C9H13NO5. The first-order chi connectivity index (χ1) is 7.13. The van der Waals surface area contributed by atoms with Crippen LogP contribution in [0.25, 0.3) is 0 Å². The van der Waals surface area contributed by atoms with Crippen molar-refractivity contribution < 1.29 is 23.9 Å². The molecule has 1 amide bonds. The molecule has 0 aromatic rings. The highest BCUT2D eigenvalue weighted by atomic mass is 16.6. The third-order valence-electron chi connectivity index (χ3n) is 1.95. The zero-order chi connectivity index (χ0) is 11.3. The summed E-state index contributed by atoms with van der Waals surface area (Å²) >= 11 is 0. The Labute approximate surface area is 86.9 Å². The highest BCUT2D eigenvalue weighted by Gasteiger charge is 2.31. The van der Waals surface area contributed by atoms with Crippen molar-refractivity contribution in [2.75, 3.05) is 6.61 Å². The molecule has 0 aliphatic carbocycles. The van der Waals surface area contributed by atoms with Gasteiger partial charge in [-0.1, -0.05) is 0 Å². The molecule has 1 heterocycles. The molecule has 84 valence electrons. The van der Waals surface area contributed by atoms with E-state index in [9.17, 15) is 14.4 Å². The van der Waals surface area contributed by atoms with Crippen LogP contribution in [-0.2, 0) is 19.1 Å². The Morgan fingerprint density at radius 2 is 2.27 bits per heavy atom. The summed E-state index contributed by atoms with van der Waals surface area (Å²) in [5.41, 5.74) is 0. The molecule has 0 aromatic heterocycles. The van der Waals surface area contributed by atoms with Crippen LogP contribution in [0.2, 0.25) is 0 Å². The minimum atomic E-state index is -0.721. The molecule has 0 saturated carbocycles. The smallest absolute Gasteiger partial charge is 0.415 e. The summed E-state index contributed by atoms with van der Waals surface area (Å²) < 4.78 is 8.99. The Kier molecular flexibility index (Phi) is 4.08. The maximum Gasteiger partial charge on any atom is 0.415 e. The van der Waals surface area contributed by atoms with Gasteiger partial charge >= 0.3 is 18.0 Å². The number of esters is 2. The van der Waals surface area contributed by atoms with Gasteiger partial charge in [0, 0.05) is 6.42 Å². The van der Waals surface area contributed by atoms with Crippen LogP contribution in [0.1, 0.15) is 26.2 Å². The van der Waals surface area contributed by atoms with Crippen LogP contribution in [0.4, 0.5) is 4.79 Å². The summed E-state index contributed by atoms with van der Waals surface area (Å²) in [5, 5.41) is 2.35. The van der Waals surface area contributed by atoms with Gasteiger partial charge in [-0.05, 0) is 19.8 Å². The summed E-state index contributed by atoms with van der Waals surface area (Å²) in [6.45, 7) is 2.08. The molecule has 1 fully saturated rings. The van der Waals surface area contributed by atoms with E-state index in [0.717, 1.165) is 0 Å². The number of amides is 1. The summed E-state index contributed by atoms with van der Waals surface area (Å²) in [4.78, 5) is 32.5. The summed E-state index contributed by atoms with van der Waals surface area (Å²) in [6, 6.07) is -0.619. The molecule has 1 rings (SSSR count). The van der Waals surface area contributed by atoms with Gasteiger partial charge in [0.2, 0.25) is 0 Å². The molecule has 0 unspecified atom stereocenters. The molecule has 0 bridgehead atoms. The fourth-order valence-corrected chi connectivity index (χ4v) is 1.27. The number of ether oxygens (including phenoxy) is 2. The molecule has 0 aromatic carbocycles. The molecule has 1 N–H and O–H groups in total. The van der Waals surface area contributed by atoms with Gasteiger partial charge in [-0.15, -0.1) is 0 Å². The van der Waals surface area contributed by atoms with Crippen molar-refractivity contribution in [3.05, 3.63) is 0 Å². The third kappa shape index (κ3) is 3.57. The third-order valence-corrected chi connectivity index (χ3v) is 1.95. The SMILES string of the molecule is CCOC(=O)CCC[C@@H]1NC(=O)OC1=O. The lowest BCUT2D eigenvalue weighted by molar-refractivity contribution is -0.143. The number of alkyl carbamates (subject to hydrolysis) is 1. The van der Waals surface area contributed by atoms with Gasteiger partial charge in [-0.25, -0.2) is 9.59 Å². The number of hydrogen-bond donors (Lipinski definition) is 1. The van der Waals surface area contributed by atoms with Crippen molar-refractivity contribution in [2.45, 2.75) is 32.2 Å². The first-order valence-corrected chi connectivity index (χ1v) is 4.81. The standard InChI is InChI=1S/C9H13NO5/c1-2-14-7(11)5-3-4-6-8(12)15-9(13)10-6/h6H,2-5H2,1H3,(H,10,13)/t6-/m0/s1. The Hall–Kier alpha value is -1.59. The number of carbonyl (C=O) groups excluding carboxylic acids is 3. The molecule has 15 heavy (non-hydrogen) atoms. The van der Waals surface area contributed by atoms with Crippen LogP contribution in [0.3, 0.4) is 0 Å². The molecule has 1 atom stereocenters. The van der Waals surface area contributed by atoms with Gasteiger partial charge in [0.25, 0.3) is 0 Å². The van der Waals surface area contributed by atoms with Gasteiger partial charge in [-0.3, -0.25) is 4.79 Å². The minimum Gasteiger partial charge on any atom is -0.466 e. The molecule has 1 aliphatic rings. The number of nitrogens with one attached hydrogen (secondary N) is 1. The van der Waals surface area contributed by atoms with E-state index < -0.39 is 18.1 Å². The van der Waals surface area contributed by atoms with Crippen LogP contribution in [0, 0.1) is 0 Å². The van der Waals surface area contributed by atoms with Crippen LogP contribution < -0.4 is 5.32 Å². The Balaban J connectivity index is 2.18. The molecule has 1 aliphatic heterocycles. The predicted octanol–water partition coefficient (Wildman–Crippen LogP) is 0.355.